The Balaban J connectivity index is 1.80. The number of hydrogen-bond donors (Lipinski definition) is 0. The Morgan fingerprint density at radius 2 is 2.00 bits per heavy atom. The maximum atomic E-state index is 13.4. The summed E-state index contributed by atoms with van der Waals surface area (Å²) < 4.78 is 13.4. The molecule has 6 heteroatoms. The number of pyridine rings is 1. The lowest BCUT2D eigenvalue weighted by molar-refractivity contribution is -0.125. The summed E-state index contributed by atoms with van der Waals surface area (Å²) in [5.41, 5.74) is 0.782. The van der Waals surface area contributed by atoms with Crippen LogP contribution in [0, 0.1) is 34.9 Å². The Morgan fingerprint density at radius 3 is 2.67 bits per heavy atom. The molecule has 1 aliphatic carbocycles. The minimum absolute atomic E-state index is 0.124. The standard InChI is InChI=1S/C24H26FN3O2/c1-15-19(10-16-6-7-18(25)11-20(16)27-15)22(30)28(5)9-8-24(4)12-17(13-26)21(29)23(2,3)14-24/h6-7,10-12H,8-9,14H2,1-5H3. The SMILES string of the molecule is Cc1nc2cc(F)ccc2cc1C(=O)N(C)CCC1(C)C=C(C#N)C(=O)C(C)(C)C1. The van der Waals surface area contributed by atoms with E-state index in [1.807, 2.05) is 26.8 Å². The molecule has 1 unspecified atom stereocenters. The van der Waals surface area contributed by atoms with E-state index in [-0.39, 0.29) is 28.5 Å². The zero-order valence-electron chi connectivity index (χ0n) is 18.0. The van der Waals surface area contributed by atoms with Gasteiger partial charge in [0.2, 0.25) is 0 Å². The summed E-state index contributed by atoms with van der Waals surface area (Å²) in [7, 11) is 1.73. The summed E-state index contributed by atoms with van der Waals surface area (Å²) >= 11 is 0. The molecule has 1 aliphatic rings. The number of aryl methyl sites for hydroxylation is 1. The van der Waals surface area contributed by atoms with Crippen molar-refractivity contribution in [2.24, 2.45) is 10.8 Å². The first-order valence-electron chi connectivity index (χ1n) is 9.96. The molecule has 0 spiro atoms. The number of allylic oxidation sites excluding steroid dienone is 2. The Labute approximate surface area is 176 Å². The van der Waals surface area contributed by atoms with Crippen molar-refractivity contribution in [3.05, 3.63) is 53.0 Å². The number of nitriles is 1. The molecule has 0 N–H and O–H groups in total. The van der Waals surface area contributed by atoms with E-state index < -0.39 is 5.41 Å². The second-order valence-corrected chi connectivity index (χ2v) is 9.15. The first-order chi connectivity index (χ1) is 14.0. The van der Waals surface area contributed by atoms with E-state index >= 15 is 0 Å². The minimum Gasteiger partial charge on any atom is -0.342 e. The molecule has 1 amide bonds. The number of amides is 1. The number of halogens is 1. The van der Waals surface area contributed by atoms with Crippen molar-refractivity contribution in [3.8, 4) is 6.07 Å². The predicted octanol–water partition coefficient (Wildman–Crippen LogP) is 4.60. The van der Waals surface area contributed by atoms with Gasteiger partial charge in [-0.3, -0.25) is 14.6 Å². The van der Waals surface area contributed by atoms with Crippen LogP contribution in [0.1, 0.15) is 49.7 Å². The van der Waals surface area contributed by atoms with Gasteiger partial charge in [0.1, 0.15) is 11.9 Å². The number of hydrogen-bond acceptors (Lipinski definition) is 4. The van der Waals surface area contributed by atoms with Crippen LogP contribution in [0.15, 0.2) is 35.9 Å². The Hall–Kier alpha value is -3.07. The molecule has 30 heavy (non-hydrogen) atoms. The van der Waals surface area contributed by atoms with Gasteiger partial charge in [-0.2, -0.15) is 5.26 Å². The van der Waals surface area contributed by atoms with Crippen LogP contribution in [-0.4, -0.2) is 35.2 Å². The van der Waals surface area contributed by atoms with Gasteiger partial charge in [0.05, 0.1) is 22.3 Å². The fraction of sp³-hybridized carbons (Fsp3) is 0.417. The molecule has 0 saturated carbocycles. The number of aromatic nitrogens is 1. The lowest BCUT2D eigenvalue weighted by atomic mass is 9.64. The largest absolute Gasteiger partial charge is 0.342 e. The summed E-state index contributed by atoms with van der Waals surface area (Å²) in [6.07, 6.45) is 3.01. The molecule has 156 valence electrons. The number of carbonyl (C=O) groups is 2. The first kappa shape index (κ1) is 21.6. The quantitative estimate of drug-likeness (QED) is 0.742. The highest BCUT2D eigenvalue weighted by atomic mass is 19.1. The summed E-state index contributed by atoms with van der Waals surface area (Å²) in [5.74, 6) is -0.649. The molecular weight excluding hydrogens is 381 g/mol. The average molecular weight is 407 g/mol. The van der Waals surface area contributed by atoms with Gasteiger partial charge in [-0.05, 0) is 43.4 Å². The average Bonchev–Trinajstić information content (AvgIpc) is 2.67. The topological polar surface area (TPSA) is 74.1 Å². The van der Waals surface area contributed by atoms with Crippen LogP contribution < -0.4 is 0 Å². The third-order valence-electron chi connectivity index (χ3n) is 5.88. The van der Waals surface area contributed by atoms with E-state index in [9.17, 15) is 19.2 Å². The fourth-order valence-corrected chi connectivity index (χ4v) is 4.35. The molecule has 0 aliphatic heterocycles. The summed E-state index contributed by atoms with van der Waals surface area (Å²) in [4.78, 5) is 31.4. The molecule has 1 aromatic heterocycles. The third kappa shape index (κ3) is 4.11. The van der Waals surface area contributed by atoms with Crippen LogP contribution >= 0.6 is 0 Å². The fourth-order valence-electron chi connectivity index (χ4n) is 4.35. The van der Waals surface area contributed by atoms with Crippen molar-refractivity contribution in [2.75, 3.05) is 13.6 Å². The third-order valence-corrected chi connectivity index (χ3v) is 5.88. The van der Waals surface area contributed by atoms with Gasteiger partial charge in [-0.25, -0.2) is 4.39 Å². The number of nitrogens with zero attached hydrogens (tertiary/aromatic N) is 3. The van der Waals surface area contributed by atoms with Crippen LogP contribution in [-0.2, 0) is 4.79 Å². The zero-order valence-corrected chi connectivity index (χ0v) is 18.0. The second-order valence-electron chi connectivity index (χ2n) is 9.15. The van der Waals surface area contributed by atoms with Crippen molar-refractivity contribution in [1.29, 1.82) is 5.26 Å². The van der Waals surface area contributed by atoms with Crippen molar-refractivity contribution in [3.63, 3.8) is 0 Å². The number of ketones is 1. The number of rotatable bonds is 4. The van der Waals surface area contributed by atoms with Crippen LogP contribution in [0.3, 0.4) is 0 Å². The molecule has 0 saturated heterocycles. The molecule has 1 atom stereocenters. The summed E-state index contributed by atoms with van der Waals surface area (Å²) in [6.45, 7) is 7.95. The number of Topliss-reactive ketones (excluding diaryl/α,β-unsaturated/α-hetero) is 1. The molecular formula is C24H26FN3O2. The number of benzene rings is 1. The van der Waals surface area contributed by atoms with Gasteiger partial charge >= 0.3 is 0 Å². The van der Waals surface area contributed by atoms with Crippen LogP contribution in [0.4, 0.5) is 4.39 Å². The van der Waals surface area contributed by atoms with Gasteiger partial charge in [-0.15, -0.1) is 0 Å². The van der Waals surface area contributed by atoms with Gasteiger partial charge in [0, 0.05) is 30.5 Å². The Morgan fingerprint density at radius 1 is 1.30 bits per heavy atom. The molecule has 0 fully saturated rings. The molecule has 1 heterocycles. The minimum atomic E-state index is -0.606. The molecule has 3 rings (SSSR count). The molecule has 2 aromatic rings. The van der Waals surface area contributed by atoms with Crippen molar-refractivity contribution in [2.45, 2.75) is 40.5 Å². The van der Waals surface area contributed by atoms with Gasteiger partial charge in [0.15, 0.2) is 5.78 Å². The lowest BCUT2D eigenvalue weighted by Crippen LogP contribution is -2.39. The molecule has 1 aromatic carbocycles. The van der Waals surface area contributed by atoms with Gasteiger partial charge in [-0.1, -0.05) is 26.8 Å². The highest BCUT2D eigenvalue weighted by Crippen LogP contribution is 2.44. The van der Waals surface area contributed by atoms with Crippen molar-refractivity contribution >= 4 is 22.6 Å². The monoisotopic (exact) mass is 407 g/mol. The van der Waals surface area contributed by atoms with E-state index in [0.717, 1.165) is 0 Å². The highest BCUT2D eigenvalue weighted by Gasteiger charge is 2.42. The van der Waals surface area contributed by atoms with Crippen molar-refractivity contribution in [1.82, 2.24) is 9.88 Å². The van der Waals surface area contributed by atoms with Crippen LogP contribution in [0.25, 0.3) is 10.9 Å². The van der Waals surface area contributed by atoms with Crippen LogP contribution in [0.5, 0.6) is 0 Å². The zero-order chi connectivity index (χ0) is 22.3. The highest BCUT2D eigenvalue weighted by molar-refractivity contribution is 6.03. The van der Waals surface area contributed by atoms with Crippen LogP contribution in [0.2, 0.25) is 0 Å². The summed E-state index contributed by atoms with van der Waals surface area (Å²) in [5, 5.41) is 10.0. The maximum Gasteiger partial charge on any atom is 0.255 e. The predicted molar refractivity (Wildman–Crippen MR) is 113 cm³/mol. The number of fused-ring (bicyclic) bond motifs is 1. The second kappa shape index (κ2) is 7.64. The maximum absolute atomic E-state index is 13.4. The van der Waals surface area contributed by atoms with Gasteiger partial charge in [0.25, 0.3) is 5.91 Å². The van der Waals surface area contributed by atoms with E-state index in [1.165, 1.54) is 12.1 Å². The normalized spacial score (nSPS) is 20.6. The number of carbonyl (C=O) groups excluding carboxylic acids is 2. The van der Waals surface area contributed by atoms with Gasteiger partial charge < -0.3 is 4.90 Å². The summed E-state index contributed by atoms with van der Waals surface area (Å²) in [6, 6.07) is 8.09. The Kier molecular flexibility index (Phi) is 5.51. The Bertz CT molecular complexity index is 1110. The van der Waals surface area contributed by atoms with Crippen molar-refractivity contribution < 1.29 is 14.0 Å². The van der Waals surface area contributed by atoms with E-state index in [2.05, 4.69) is 4.98 Å². The van der Waals surface area contributed by atoms with E-state index in [4.69, 9.17) is 0 Å². The van der Waals surface area contributed by atoms with E-state index in [0.29, 0.717) is 41.5 Å². The molecule has 5 nitrogen and oxygen atoms in total. The smallest absolute Gasteiger partial charge is 0.255 e. The first-order valence-corrected chi connectivity index (χ1v) is 9.96. The van der Waals surface area contributed by atoms with E-state index in [1.54, 1.807) is 37.1 Å². The molecule has 0 bridgehead atoms. The molecule has 0 radical (unpaired) electrons. The lowest BCUT2D eigenvalue weighted by Gasteiger charge is -2.39.